The molecule has 0 saturated heterocycles. The van der Waals surface area contributed by atoms with Crippen molar-refractivity contribution in [3.8, 4) is 5.75 Å². The van der Waals surface area contributed by atoms with E-state index in [0.29, 0.717) is 6.54 Å². The van der Waals surface area contributed by atoms with Gasteiger partial charge in [-0.2, -0.15) is 0 Å². The molecule has 4 heteroatoms. The van der Waals surface area contributed by atoms with Crippen LogP contribution in [0.25, 0.3) is 0 Å². The average molecular weight is 271 g/mol. The normalized spacial score (nSPS) is 10.2. The molecule has 4 nitrogen and oxygen atoms in total. The van der Waals surface area contributed by atoms with Gasteiger partial charge in [-0.3, -0.25) is 4.98 Å². The molecule has 0 aliphatic carbocycles. The lowest BCUT2D eigenvalue weighted by molar-refractivity contribution is 0.413. The molecule has 0 amide bonds. The highest BCUT2D eigenvalue weighted by Gasteiger charge is 2.01. The second-order valence-electron chi connectivity index (χ2n) is 4.93. The van der Waals surface area contributed by atoms with E-state index in [2.05, 4.69) is 39.5 Å². The Bertz CT molecular complexity index is 564. The molecule has 0 saturated carbocycles. The maximum atomic E-state index is 5.26. The number of benzene rings is 1. The summed E-state index contributed by atoms with van der Waals surface area (Å²) in [6.07, 6.45) is 0. The molecule has 0 aliphatic heterocycles. The van der Waals surface area contributed by atoms with Gasteiger partial charge in [-0.25, -0.2) is 0 Å². The molecule has 0 unspecified atom stereocenters. The molecule has 1 N–H and O–H groups in total. The van der Waals surface area contributed by atoms with Crippen molar-refractivity contribution >= 4 is 11.4 Å². The average Bonchev–Trinajstić information content (AvgIpc) is 2.45. The fourth-order valence-electron chi connectivity index (χ4n) is 1.98. The van der Waals surface area contributed by atoms with Crippen LogP contribution in [0.3, 0.4) is 0 Å². The van der Waals surface area contributed by atoms with Crippen LogP contribution in [-0.4, -0.2) is 26.2 Å². The van der Waals surface area contributed by atoms with Gasteiger partial charge in [0.1, 0.15) is 5.75 Å². The van der Waals surface area contributed by atoms with Crippen molar-refractivity contribution < 1.29 is 4.74 Å². The smallest absolute Gasteiger partial charge is 0.122 e. The van der Waals surface area contributed by atoms with Gasteiger partial charge in [0.2, 0.25) is 0 Å². The number of anilines is 2. The van der Waals surface area contributed by atoms with Crippen molar-refractivity contribution in [2.45, 2.75) is 13.5 Å². The standard InChI is InChI=1S/C16H21N3O/c1-12-9-16(20-4)10-14(18-12)11-17-13-5-7-15(8-6-13)19(2)3/h5-10,17H,11H2,1-4H3. The van der Waals surface area contributed by atoms with Gasteiger partial charge in [0.25, 0.3) is 0 Å². The molecular weight excluding hydrogens is 250 g/mol. The number of aryl methyl sites for hydroxylation is 1. The maximum absolute atomic E-state index is 5.26. The van der Waals surface area contributed by atoms with E-state index < -0.39 is 0 Å². The summed E-state index contributed by atoms with van der Waals surface area (Å²) < 4.78 is 5.26. The Balaban J connectivity index is 2.03. The fraction of sp³-hybridized carbons (Fsp3) is 0.312. The van der Waals surface area contributed by atoms with Crippen LogP contribution in [0, 0.1) is 6.92 Å². The summed E-state index contributed by atoms with van der Waals surface area (Å²) in [5.74, 6) is 0.845. The fourth-order valence-corrected chi connectivity index (χ4v) is 1.98. The third kappa shape index (κ3) is 3.63. The lowest BCUT2D eigenvalue weighted by Crippen LogP contribution is -2.08. The van der Waals surface area contributed by atoms with E-state index in [0.717, 1.165) is 22.8 Å². The molecule has 0 spiro atoms. The van der Waals surface area contributed by atoms with Gasteiger partial charge >= 0.3 is 0 Å². The lowest BCUT2D eigenvalue weighted by Gasteiger charge is -2.13. The minimum absolute atomic E-state index is 0.680. The van der Waals surface area contributed by atoms with E-state index in [1.165, 1.54) is 5.69 Å². The molecule has 0 atom stereocenters. The summed E-state index contributed by atoms with van der Waals surface area (Å²) in [7, 11) is 5.74. The Labute approximate surface area is 120 Å². The van der Waals surface area contributed by atoms with Crippen LogP contribution < -0.4 is 15.0 Å². The predicted molar refractivity (Wildman–Crippen MR) is 83.6 cm³/mol. The zero-order valence-corrected chi connectivity index (χ0v) is 12.5. The molecule has 106 valence electrons. The van der Waals surface area contributed by atoms with Crippen LogP contribution >= 0.6 is 0 Å². The highest BCUT2D eigenvalue weighted by Crippen LogP contribution is 2.17. The molecule has 0 bridgehead atoms. The van der Waals surface area contributed by atoms with Crippen LogP contribution in [0.1, 0.15) is 11.4 Å². The first kappa shape index (κ1) is 14.2. The van der Waals surface area contributed by atoms with E-state index in [-0.39, 0.29) is 0 Å². The van der Waals surface area contributed by atoms with Crippen LogP contribution in [0.5, 0.6) is 5.75 Å². The SMILES string of the molecule is COc1cc(C)nc(CNc2ccc(N(C)C)cc2)c1. The Hall–Kier alpha value is -2.23. The topological polar surface area (TPSA) is 37.4 Å². The highest BCUT2D eigenvalue weighted by atomic mass is 16.5. The Morgan fingerprint density at radius 3 is 2.45 bits per heavy atom. The number of pyridine rings is 1. The molecule has 20 heavy (non-hydrogen) atoms. The molecular formula is C16H21N3O. The van der Waals surface area contributed by atoms with Crippen molar-refractivity contribution in [3.05, 3.63) is 47.8 Å². The summed E-state index contributed by atoms with van der Waals surface area (Å²) in [6, 6.07) is 12.2. The van der Waals surface area contributed by atoms with Crippen LogP contribution in [-0.2, 0) is 6.54 Å². The van der Waals surface area contributed by atoms with Crippen molar-refractivity contribution in [2.24, 2.45) is 0 Å². The zero-order valence-electron chi connectivity index (χ0n) is 12.5. The molecule has 1 heterocycles. The van der Waals surface area contributed by atoms with Gasteiger partial charge in [0.15, 0.2) is 0 Å². The van der Waals surface area contributed by atoms with E-state index >= 15 is 0 Å². The zero-order chi connectivity index (χ0) is 14.5. The molecule has 1 aromatic heterocycles. The van der Waals surface area contributed by atoms with Gasteiger partial charge < -0.3 is 15.0 Å². The molecule has 1 aromatic carbocycles. The third-order valence-corrected chi connectivity index (χ3v) is 3.07. The number of methoxy groups -OCH3 is 1. The maximum Gasteiger partial charge on any atom is 0.122 e. The number of aromatic nitrogens is 1. The number of hydrogen-bond donors (Lipinski definition) is 1. The van der Waals surface area contributed by atoms with Crippen LogP contribution in [0.2, 0.25) is 0 Å². The largest absolute Gasteiger partial charge is 0.497 e. The van der Waals surface area contributed by atoms with Crippen molar-refractivity contribution in [3.63, 3.8) is 0 Å². The van der Waals surface area contributed by atoms with E-state index in [1.807, 2.05) is 33.2 Å². The first-order chi connectivity index (χ1) is 9.58. The number of rotatable bonds is 5. The predicted octanol–water partition coefficient (Wildman–Crippen LogP) is 3.08. The summed E-state index contributed by atoms with van der Waals surface area (Å²) >= 11 is 0. The van der Waals surface area contributed by atoms with Crippen LogP contribution in [0.4, 0.5) is 11.4 Å². The van der Waals surface area contributed by atoms with Gasteiger partial charge in [-0.15, -0.1) is 0 Å². The van der Waals surface area contributed by atoms with E-state index in [9.17, 15) is 0 Å². The monoisotopic (exact) mass is 271 g/mol. The number of nitrogens with one attached hydrogen (secondary N) is 1. The first-order valence-corrected chi connectivity index (χ1v) is 6.61. The van der Waals surface area contributed by atoms with Gasteiger partial charge in [-0.05, 0) is 31.2 Å². The molecule has 0 fully saturated rings. The Kier molecular flexibility index (Phi) is 4.45. The van der Waals surface area contributed by atoms with Crippen LogP contribution in [0.15, 0.2) is 36.4 Å². The van der Waals surface area contributed by atoms with Crippen molar-refractivity contribution in [1.29, 1.82) is 0 Å². The number of hydrogen-bond acceptors (Lipinski definition) is 4. The summed E-state index contributed by atoms with van der Waals surface area (Å²) in [5.41, 5.74) is 4.20. The minimum atomic E-state index is 0.680. The Morgan fingerprint density at radius 2 is 1.85 bits per heavy atom. The minimum Gasteiger partial charge on any atom is -0.497 e. The first-order valence-electron chi connectivity index (χ1n) is 6.61. The van der Waals surface area contributed by atoms with E-state index in [4.69, 9.17) is 4.74 Å². The van der Waals surface area contributed by atoms with Gasteiger partial charge in [-0.1, -0.05) is 0 Å². The summed E-state index contributed by atoms with van der Waals surface area (Å²) in [6.45, 7) is 2.65. The third-order valence-electron chi connectivity index (χ3n) is 3.07. The number of ether oxygens (including phenoxy) is 1. The summed E-state index contributed by atoms with van der Waals surface area (Å²) in [5, 5.41) is 3.37. The molecule has 0 radical (unpaired) electrons. The van der Waals surface area contributed by atoms with Crippen molar-refractivity contribution in [2.75, 3.05) is 31.4 Å². The molecule has 2 rings (SSSR count). The Morgan fingerprint density at radius 1 is 1.15 bits per heavy atom. The van der Waals surface area contributed by atoms with Gasteiger partial charge in [0, 0.05) is 43.3 Å². The van der Waals surface area contributed by atoms with Crippen molar-refractivity contribution in [1.82, 2.24) is 4.98 Å². The second kappa shape index (κ2) is 6.28. The molecule has 2 aromatic rings. The molecule has 0 aliphatic rings. The summed E-state index contributed by atoms with van der Waals surface area (Å²) in [4.78, 5) is 6.57. The highest BCUT2D eigenvalue weighted by molar-refractivity contribution is 5.54. The quantitative estimate of drug-likeness (QED) is 0.907. The number of nitrogens with zero attached hydrogens (tertiary/aromatic N) is 2. The lowest BCUT2D eigenvalue weighted by atomic mass is 10.2. The van der Waals surface area contributed by atoms with E-state index in [1.54, 1.807) is 7.11 Å². The second-order valence-corrected chi connectivity index (χ2v) is 4.93. The van der Waals surface area contributed by atoms with Gasteiger partial charge in [0.05, 0.1) is 19.3 Å².